The van der Waals surface area contributed by atoms with Crippen molar-refractivity contribution in [3.05, 3.63) is 68.6 Å². The monoisotopic (exact) mass is 916 g/mol. The number of rotatable bonds is 12. The second-order valence-corrected chi connectivity index (χ2v) is 13.0. The molecule has 328 valence electrons. The van der Waals surface area contributed by atoms with Crippen LogP contribution < -0.4 is 59.2 Å². The largest absolute Gasteiger partial charge is 0.495 e. The van der Waals surface area contributed by atoms with Crippen molar-refractivity contribution in [2.24, 2.45) is 0 Å². The standard InChI is InChI=1S/4C10H12ClNO3/c4*1-6(13)12-7-4-8(14-2)10(11)9(5-7)15-3/h4*4-5H,1-3H3,(H,12,13). The maximum Gasteiger partial charge on any atom is 0.221 e. The van der Waals surface area contributed by atoms with Crippen LogP contribution >= 0.6 is 46.4 Å². The lowest BCUT2D eigenvalue weighted by molar-refractivity contribution is -0.115. The summed E-state index contributed by atoms with van der Waals surface area (Å²) in [6, 6.07) is 13.0. The van der Waals surface area contributed by atoms with E-state index in [0.29, 0.717) is 88.8 Å². The summed E-state index contributed by atoms with van der Waals surface area (Å²) in [6.07, 6.45) is 0. The summed E-state index contributed by atoms with van der Waals surface area (Å²) in [5, 5.41) is 12.0. The van der Waals surface area contributed by atoms with Gasteiger partial charge in [0, 0.05) is 99.0 Å². The lowest BCUT2D eigenvalue weighted by atomic mass is 10.2. The summed E-state index contributed by atoms with van der Waals surface area (Å²) < 4.78 is 40.4. The fraction of sp³-hybridized carbons (Fsp3) is 0.300. The van der Waals surface area contributed by atoms with Gasteiger partial charge < -0.3 is 59.2 Å². The summed E-state index contributed by atoms with van der Waals surface area (Å²) in [6.45, 7) is 5.70. The number of carbonyl (C=O) groups is 4. The highest BCUT2D eigenvalue weighted by Gasteiger charge is 2.14. The maximum absolute atomic E-state index is 10.9. The molecule has 0 atom stereocenters. The van der Waals surface area contributed by atoms with Gasteiger partial charge >= 0.3 is 0 Å². The lowest BCUT2D eigenvalue weighted by Gasteiger charge is -2.11. The minimum atomic E-state index is -0.165. The first-order valence-electron chi connectivity index (χ1n) is 17.1. The summed E-state index contributed by atoms with van der Waals surface area (Å²) >= 11 is 23.8. The van der Waals surface area contributed by atoms with Crippen molar-refractivity contribution >= 4 is 92.8 Å². The number of nitrogens with one attached hydrogen (secondary N) is 4. The Morgan fingerprint density at radius 3 is 0.517 bits per heavy atom. The van der Waals surface area contributed by atoms with Gasteiger partial charge in [-0.1, -0.05) is 46.4 Å². The zero-order chi connectivity index (χ0) is 45.7. The Morgan fingerprint density at radius 2 is 0.433 bits per heavy atom. The molecule has 60 heavy (non-hydrogen) atoms. The van der Waals surface area contributed by atoms with Crippen LogP contribution in [0.4, 0.5) is 22.7 Å². The van der Waals surface area contributed by atoms with Gasteiger partial charge in [-0.05, 0) is 0 Å². The molecule has 0 saturated carbocycles. The molecule has 0 aliphatic rings. The van der Waals surface area contributed by atoms with Gasteiger partial charge in [0.05, 0.1) is 56.9 Å². The fourth-order valence-corrected chi connectivity index (χ4v) is 5.63. The Kier molecular flexibility index (Phi) is 23.1. The fourth-order valence-electron chi connectivity index (χ4n) is 4.58. The Labute approximate surface area is 368 Å². The van der Waals surface area contributed by atoms with Crippen molar-refractivity contribution in [2.45, 2.75) is 27.7 Å². The normalized spacial score (nSPS) is 9.60. The predicted molar refractivity (Wildman–Crippen MR) is 235 cm³/mol. The van der Waals surface area contributed by atoms with E-state index in [9.17, 15) is 19.2 Å². The highest BCUT2D eigenvalue weighted by atomic mass is 35.5. The molecular weight excluding hydrogens is 870 g/mol. The SMILES string of the molecule is COc1cc(NC(C)=O)cc(OC)c1Cl.COc1cc(NC(C)=O)cc(OC)c1Cl.COc1cc(NC(C)=O)cc(OC)c1Cl.COc1cc(NC(C)=O)cc(OC)c1Cl. The van der Waals surface area contributed by atoms with E-state index in [1.807, 2.05) is 0 Å². The predicted octanol–water partition coefficient (Wildman–Crippen LogP) is 9.26. The molecule has 4 amide bonds. The van der Waals surface area contributed by atoms with Gasteiger partial charge in [-0.15, -0.1) is 0 Å². The average Bonchev–Trinajstić information content (AvgIpc) is 3.20. The van der Waals surface area contributed by atoms with E-state index in [-0.39, 0.29) is 23.6 Å². The van der Waals surface area contributed by atoms with E-state index in [1.54, 1.807) is 48.5 Å². The second-order valence-electron chi connectivity index (χ2n) is 11.5. The number of hydrogen-bond acceptors (Lipinski definition) is 12. The van der Waals surface area contributed by atoms with E-state index in [4.69, 9.17) is 84.3 Å². The van der Waals surface area contributed by atoms with Gasteiger partial charge in [0.2, 0.25) is 23.6 Å². The third kappa shape index (κ3) is 16.9. The van der Waals surface area contributed by atoms with Crippen LogP contribution in [0.1, 0.15) is 27.7 Å². The quantitative estimate of drug-likeness (QED) is 0.106. The smallest absolute Gasteiger partial charge is 0.221 e. The molecule has 20 heteroatoms. The Hall–Kier alpha value is -5.68. The van der Waals surface area contributed by atoms with Crippen LogP contribution in [0.25, 0.3) is 0 Å². The molecule has 0 aliphatic carbocycles. The first-order valence-corrected chi connectivity index (χ1v) is 18.6. The third-order valence-electron chi connectivity index (χ3n) is 7.06. The molecule has 0 saturated heterocycles. The van der Waals surface area contributed by atoms with Gasteiger partial charge in [-0.2, -0.15) is 0 Å². The molecule has 0 fully saturated rings. The van der Waals surface area contributed by atoms with Crippen molar-refractivity contribution in [1.82, 2.24) is 0 Å². The van der Waals surface area contributed by atoms with Crippen LogP contribution in [0.5, 0.6) is 46.0 Å². The molecule has 4 N–H and O–H groups in total. The summed E-state index contributed by atoms with van der Waals surface area (Å²) in [5.41, 5.74) is 2.34. The summed E-state index contributed by atoms with van der Waals surface area (Å²) in [5.74, 6) is 3.00. The molecule has 0 spiro atoms. The van der Waals surface area contributed by atoms with Crippen molar-refractivity contribution in [1.29, 1.82) is 0 Å². The molecule has 16 nitrogen and oxygen atoms in total. The highest BCUT2D eigenvalue weighted by Crippen LogP contribution is 2.40. The van der Waals surface area contributed by atoms with Crippen molar-refractivity contribution in [2.75, 3.05) is 78.1 Å². The lowest BCUT2D eigenvalue weighted by Crippen LogP contribution is -2.06. The number of ether oxygens (including phenoxy) is 8. The second kappa shape index (κ2) is 26.4. The summed E-state index contributed by atoms with van der Waals surface area (Å²) in [7, 11) is 12.0. The Balaban J connectivity index is 0.000000400. The number of benzene rings is 4. The number of halogens is 4. The van der Waals surface area contributed by atoms with Crippen LogP contribution in [0.3, 0.4) is 0 Å². The van der Waals surface area contributed by atoms with E-state index >= 15 is 0 Å². The van der Waals surface area contributed by atoms with Gasteiger partial charge in [-0.25, -0.2) is 0 Å². The molecule has 0 heterocycles. The number of methoxy groups -OCH3 is 8. The van der Waals surface area contributed by atoms with E-state index in [1.165, 1.54) is 84.6 Å². The van der Waals surface area contributed by atoms with E-state index < -0.39 is 0 Å². The molecule has 4 aromatic carbocycles. The zero-order valence-corrected chi connectivity index (χ0v) is 38.1. The van der Waals surface area contributed by atoms with E-state index in [0.717, 1.165) is 0 Å². The van der Waals surface area contributed by atoms with Gasteiger partial charge in [0.1, 0.15) is 66.1 Å². The molecule has 0 aromatic heterocycles. The van der Waals surface area contributed by atoms with Crippen LogP contribution in [0.2, 0.25) is 20.1 Å². The third-order valence-corrected chi connectivity index (χ3v) is 8.55. The maximum atomic E-state index is 10.9. The van der Waals surface area contributed by atoms with Crippen molar-refractivity contribution < 1.29 is 57.1 Å². The van der Waals surface area contributed by atoms with Crippen LogP contribution in [0.15, 0.2) is 48.5 Å². The average molecular weight is 919 g/mol. The molecule has 0 unspecified atom stereocenters. The Morgan fingerprint density at radius 1 is 0.317 bits per heavy atom. The number of hydrogen-bond donors (Lipinski definition) is 4. The molecule has 4 aromatic rings. The van der Waals surface area contributed by atoms with Gasteiger partial charge in [0.25, 0.3) is 0 Å². The summed E-state index contributed by atoms with van der Waals surface area (Å²) in [4.78, 5) is 43.5. The van der Waals surface area contributed by atoms with Crippen molar-refractivity contribution in [3.8, 4) is 46.0 Å². The van der Waals surface area contributed by atoms with Crippen LogP contribution in [0, 0.1) is 0 Å². The van der Waals surface area contributed by atoms with E-state index in [2.05, 4.69) is 21.3 Å². The van der Waals surface area contributed by atoms with Gasteiger partial charge in [-0.3, -0.25) is 19.2 Å². The van der Waals surface area contributed by atoms with Gasteiger partial charge in [0.15, 0.2) is 0 Å². The van der Waals surface area contributed by atoms with Crippen LogP contribution in [-0.4, -0.2) is 80.5 Å². The zero-order valence-electron chi connectivity index (χ0n) is 35.0. The molecule has 0 aliphatic heterocycles. The van der Waals surface area contributed by atoms with Crippen molar-refractivity contribution in [3.63, 3.8) is 0 Å². The van der Waals surface area contributed by atoms with Crippen LogP contribution in [-0.2, 0) is 19.2 Å². The molecule has 4 rings (SSSR count). The highest BCUT2D eigenvalue weighted by molar-refractivity contribution is 6.34. The number of amides is 4. The number of anilines is 4. The Bertz CT molecular complexity index is 1710. The molecule has 0 radical (unpaired) electrons. The minimum Gasteiger partial charge on any atom is -0.495 e. The first-order chi connectivity index (χ1) is 28.3. The first kappa shape index (κ1) is 52.3. The minimum absolute atomic E-state index is 0.165. The molecular formula is C40H48Cl4N4O12. The molecule has 0 bridgehead atoms. The topological polar surface area (TPSA) is 190 Å². The number of carbonyl (C=O) groups excluding carboxylic acids is 4.